The number of anilines is 1. The van der Waals surface area contributed by atoms with Crippen LogP contribution in [0.3, 0.4) is 0 Å². The second-order valence-electron chi connectivity index (χ2n) is 4.36. The molecule has 0 bridgehead atoms. The zero-order valence-electron chi connectivity index (χ0n) is 11.9. The van der Waals surface area contributed by atoms with Gasteiger partial charge in [0.25, 0.3) is 0 Å². The van der Waals surface area contributed by atoms with Gasteiger partial charge in [0.15, 0.2) is 11.5 Å². The molecule has 0 fully saturated rings. The van der Waals surface area contributed by atoms with Crippen molar-refractivity contribution < 1.29 is 31.8 Å². The SMILES string of the molecule is COC(=O)c1nc(-c2ccc(OC(F)F)cc2F)c(F)c(N)c1Cl. The van der Waals surface area contributed by atoms with E-state index in [0.29, 0.717) is 6.07 Å². The third-order valence-electron chi connectivity index (χ3n) is 2.91. The Morgan fingerprint density at radius 1 is 1.33 bits per heavy atom. The van der Waals surface area contributed by atoms with Crippen LogP contribution in [0.4, 0.5) is 23.2 Å². The molecule has 0 spiro atoms. The van der Waals surface area contributed by atoms with Gasteiger partial charge in [0.2, 0.25) is 0 Å². The summed E-state index contributed by atoms with van der Waals surface area (Å²) in [6, 6.07) is 2.55. The smallest absolute Gasteiger partial charge is 0.387 e. The molecule has 10 heteroatoms. The molecule has 0 aliphatic heterocycles. The number of benzene rings is 1. The highest BCUT2D eigenvalue weighted by Gasteiger charge is 2.24. The molecule has 128 valence electrons. The van der Waals surface area contributed by atoms with E-state index < -0.39 is 57.6 Å². The Hall–Kier alpha value is -2.55. The molecule has 2 aromatic rings. The van der Waals surface area contributed by atoms with Gasteiger partial charge in [0.1, 0.15) is 17.3 Å². The topological polar surface area (TPSA) is 74.4 Å². The summed E-state index contributed by atoms with van der Waals surface area (Å²) >= 11 is 5.73. The van der Waals surface area contributed by atoms with Gasteiger partial charge < -0.3 is 15.2 Å². The van der Waals surface area contributed by atoms with Crippen molar-refractivity contribution in [1.82, 2.24) is 4.98 Å². The molecule has 5 nitrogen and oxygen atoms in total. The van der Waals surface area contributed by atoms with Crippen LogP contribution >= 0.6 is 11.6 Å². The third kappa shape index (κ3) is 3.35. The van der Waals surface area contributed by atoms with Gasteiger partial charge in [-0.25, -0.2) is 18.6 Å². The third-order valence-corrected chi connectivity index (χ3v) is 3.29. The lowest BCUT2D eigenvalue weighted by atomic mass is 10.1. The summed E-state index contributed by atoms with van der Waals surface area (Å²) in [6.07, 6.45) is 0. The van der Waals surface area contributed by atoms with E-state index in [1.807, 2.05) is 0 Å². The fourth-order valence-corrected chi connectivity index (χ4v) is 2.04. The van der Waals surface area contributed by atoms with Gasteiger partial charge in [-0.15, -0.1) is 0 Å². The van der Waals surface area contributed by atoms with Gasteiger partial charge in [-0.1, -0.05) is 11.6 Å². The van der Waals surface area contributed by atoms with E-state index in [0.717, 1.165) is 19.2 Å². The summed E-state index contributed by atoms with van der Waals surface area (Å²) in [5.41, 5.74) is 3.26. The molecule has 1 aromatic heterocycles. The van der Waals surface area contributed by atoms with Crippen LogP contribution in [-0.2, 0) is 4.74 Å². The number of carbonyl (C=O) groups is 1. The Balaban J connectivity index is 2.60. The van der Waals surface area contributed by atoms with Crippen molar-refractivity contribution in [2.45, 2.75) is 6.61 Å². The number of nitrogen functional groups attached to an aromatic ring is 1. The highest BCUT2D eigenvalue weighted by molar-refractivity contribution is 6.35. The largest absolute Gasteiger partial charge is 0.464 e. The summed E-state index contributed by atoms with van der Waals surface area (Å²) < 4.78 is 61.0. The Morgan fingerprint density at radius 2 is 2.00 bits per heavy atom. The molecule has 0 unspecified atom stereocenters. The average Bonchev–Trinajstić information content (AvgIpc) is 2.52. The highest BCUT2D eigenvalue weighted by Crippen LogP contribution is 2.34. The first-order chi connectivity index (χ1) is 11.3. The molecule has 0 amide bonds. The molecule has 0 aliphatic carbocycles. The lowest BCUT2D eigenvalue weighted by molar-refractivity contribution is -0.0499. The molecule has 0 saturated heterocycles. The van der Waals surface area contributed by atoms with Crippen LogP contribution in [0.5, 0.6) is 5.75 Å². The van der Waals surface area contributed by atoms with E-state index in [4.69, 9.17) is 17.3 Å². The lowest BCUT2D eigenvalue weighted by Gasteiger charge is -2.12. The fraction of sp³-hybridized carbons (Fsp3) is 0.143. The van der Waals surface area contributed by atoms with Gasteiger partial charge in [0, 0.05) is 11.6 Å². The van der Waals surface area contributed by atoms with Crippen molar-refractivity contribution in [3.8, 4) is 17.0 Å². The van der Waals surface area contributed by atoms with Gasteiger partial charge in [-0.05, 0) is 12.1 Å². The number of ether oxygens (including phenoxy) is 2. The summed E-state index contributed by atoms with van der Waals surface area (Å²) in [7, 11) is 1.04. The number of rotatable bonds is 4. The van der Waals surface area contributed by atoms with E-state index >= 15 is 0 Å². The van der Waals surface area contributed by atoms with Gasteiger partial charge in [0.05, 0.1) is 17.8 Å². The van der Waals surface area contributed by atoms with E-state index in [1.54, 1.807) is 0 Å². The zero-order chi connectivity index (χ0) is 18.0. The molecule has 0 aliphatic rings. The van der Waals surface area contributed by atoms with E-state index in [-0.39, 0.29) is 0 Å². The minimum atomic E-state index is -3.15. The van der Waals surface area contributed by atoms with Crippen LogP contribution < -0.4 is 10.5 Å². The Morgan fingerprint density at radius 3 is 2.54 bits per heavy atom. The quantitative estimate of drug-likeness (QED) is 0.662. The van der Waals surface area contributed by atoms with Crippen molar-refractivity contribution in [3.63, 3.8) is 0 Å². The molecule has 0 radical (unpaired) electrons. The monoisotopic (exact) mass is 364 g/mol. The van der Waals surface area contributed by atoms with Crippen LogP contribution in [-0.4, -0.2) is 24.7 Å². The first-order valence-corrected chi connectivity index (χ1v) is 6.61. The van der Waals surface area contributed by atoms with Crippen molar-refractivity contribution in [1.29, 1.82) is 0 Å². The summed E-state index contributed by atoms with van der Waals surface area (Å²) in [5.74, 6) is -3.76. The van der Waals surface area contributed by atoms with Gasteiger partial charge in [-0.3, -0.25) is 0 Å². The van der Waals surface area contributed by atoms with Gasteiger partial charge in [-0.2, -0.15) is 8.78 Å². The highest BCUT2D eigenvalue weighted by atomic mass is 35.5. The molecule has 2 N–H and O–H groups in total. The van der Waals surface area contributed by atoms with Crippen molar-refractivity contribution in [2.75, 3.05) is 12.8 Å². The van der Waals surface area contributed by atoms with Crippen LogP contribution in [0.1, 0.15) is 10.5 Å². The van der Waals surface area contributed by atoms with Crippen LogP contribution in [0.25, 0.3) is 11.3 Å². The average molecular weight is 365 g/mol. The van der Waals surface area contributed by atoms with Crippen molar-refractivity contribution >= 4 is 23.3 Å². The molecule has 1 aromatic carbocycles. The second-order valence-corrected chi connectivity index (χ2v) is 4.74. The van der Waals surface area contributed by atoms with E-state index in [9.17, 15) is 22.4 Å². The van der Waals surface area contributed by atoms with Crippen LogP contribution in [0.2, 0.25) is 5.02 Å². The lowest BCUT2D eigenvalue weighted by Crippen LogP contribution is -2.11. The number of aromatic nitrogens is 1. The Labute approximate surface area is 137 Å². The first kappa shape index (κ1) is 17.8. The summed E-state index contributed by atoms with van der Waals surface area (Å²) in [6.45, 7) is -3.15. The number of halogens is 5. The maximum atomic E-state index is 14.2. The predicted octanol–water partition coefficient (Wildman–Crippen LogP) is 3.65. The van der Waals surface area contributed by atoms with Crippen molar-refractivity contribution in [2.24, 2.45) is 0 Å². The maximum absolute atomic E-state index is 14.2. The number of methoxy groups -OCH3 is 1. The number of nitrogens with zero attached hydrogens (tertiary/aromatic N) is 1. The number of nitrogens with two attached hydrogens (primary N) is 1. The standard InChI is InChI=1S/C14H9ClF4N2O3/c1-23-13(22)12-8(15)10(20)9(17)11(21-12)6-3-2-5(4-7(6)16)24-14(18)19/h2-4,14H,1H3,(H2,20,21). The van der Waals surface area contributed by atoms with Crippen LogP contribution in [0.15, 0.2) is 18.2 Å². The molecule has 0 atom stereocenters. The number of carbonyl (C=O) groups excluding carboxylic acids is 1. The fourth-order valence-electron chi connectivity index (χ4n) is 1.84. The second kappa shape index (κ2) is 6.91. The van der Waals surface area contributed by atoms with E-state index in [2.05, 4.69) is 14.5 Å². The van der Waals surface area contributed by atoms with Gasteiger partial charge >= 0.3 is 12.6 Å². The number of esters is 1. The molecule has 0 saturated carbocycles. The predicted molar refractivity (Wildman–Crippen MR) is 77.0 cm³/mol. The zero-order valence-corrected chi connectivity index (χ0v) is 12.7. The summed E-state index contributed by atoms with van der Waals surface area (Å²) in [5, 5.41) is -0.485. The molecule has 1 heterocycles. The number of alkyl halides is 2. The Bertz CT molecular complexity index is 802. The minimum absolute atomic E-state index is 0.428. The van der Waals surface area contributed by atoms with Crippen LogP contribution in [0, 0.1) is 11.6 Å². The molecule has 24 heavy (non-hydrogen) atoms. The van der Waals surface area contributed by atoms with E-state index in [1.165, 1.54) is 0 Å². The summed E-state index contributed by atoms with van der Waals surface area (Å²) in [4.78, 5) is 15.2. The van der Waals surface area contributed by atoms with Crippen molar-refractivity contribution in [3.05, 3.63) is 40.6 Å². The number of hydrogen-bond donors (Lipinski definition) is 1. The number of hydrogen-bond acceptors (Lipinski definition) is 5. The Kier molecular flexibility index (Phi) is 5.13. The molecular weight excluding hydrogens is 356 g/mol. The minimum Gasteiger partial charge on any atom is -0.464 e. The normalized spacial score (nSPS) is 10.8. The molecular formula is C14H9ClF4N2O3. The number of pyridine rings is 1. The molecule has 2 rings (SSSR count). The first-order valence-electron chi connectivity index (χ1n) is 6.23. The maximum Gasteiger partial charge on any atom is 0.387 e.